The SMILES string of the molecule is COc1ccc(NC(=O)CCNC(=O)c2ccsc2)cc1S(N)(=O)=O. The summed E-state index contributed by atoms with van der Waals surface area (Å²) in [5, 5.41) is 13.8. The minimum Gasteiger partial charge on any atom is -0.495 e. The maximum atomic E-state index is 11.9. The van der Waals surface area contributed by atoms with Crippen molar-refractivity contribution in [1.29, 1.82) is 0 Å². The number of carbonyl (C=O) groups is 2. The molecule has 134 valence electrons. The maximum Gasteiger partial charge on any atom is 0.252 e. The van der Waals surface area contributed by atoms with Crippen molar-refractivity contribution in [2.45, 2.75) is 11.3 Å². The van der Waals surface area contributed by atoms with E-state index in [-0.39, 0.29) is 41.1 Å². The average Bonchev–Trinajstić information content (AvgIpc) is 3.08. The fourth-order valence-electron chi connectivity index (χ4n) is 1.99. The van der Waals surface area contributed by atoms with E-state index in [9.17, 15) is 18.0 Å². The number of anilines is 1. The lowest BCUT2D eigenvalue weighted by Crippen LogP contribution is -2.27. The summed E-state index contributed by atoms with van der Waals surface area (Å²) < 4.78 is 28.0. The molecule has 0 saturated heterocycles. The van der Waals surface area contributed by atoms with Gasteiger partial charge in [-0.25, -0.2) is 13.6 Å². The summed E-state index contributed by atoms with van der Waals surface area (Å²) in [7, 11) is -2.67. The Labute approximate surface area is 149 Å². The van der Waals surface area contributed by atoms with Crippen molar-refractivity contribution in [2.24, 2.45) is 5.14 Å². The number of nitrogens with two attached hydrogens (primary N) is 1. The number of amides is 2. The third-order valence-corrected chi connectivity index (χ3v) is 4.79. The standard InChI is InChI=1S/C15H17N3O5S2/c1-23-12-3-2-11(8-13(12)25(16,21)22)18-14(19)4-6-17-15(20)10-5-7-24-9-10/h2-3,5,7-9H,4,6H2,1H3,(H,17,20)(H,18,19)(H2,16,21,22). The molecule has 1 aromatic heterocycles. The zero-order valence-electron chi connectivity index (χ0n) is 13.3. The minimum atomic E-state index is -3.99. The van der Waals surface area contributed by atoms with Crippen molar-refractivity contribution in [1.82, 2.24) is 5.32 Å². The van der Waals surface area contributed by atoms with Crippen LogP contribution in [-0.2, 0) is 14.8 Å². The summed E-state index contributed by atoms with van der Waals surface area (Å²) in [5.74, 6) is -0.547. The van der Waals surface area contributed by atoms with Crippen molar-refractivity contribution in [3.63, 3.8) is 0 Å². The summed E-state index contributed by atoms with van der Waals surface area (Å²) in [6.45, 7) is 0.152. The second-order valence-electron chi connectivity index (χ2n) is 4.98. The van der Waals surface area contributed by atoms with Gasteiger partial charge >= 0.3 is 0 Å². The van der Waals surface area contributed by atoms with E-state index in [4.69, 9.17) is 9.88 Å². The molecule has 0 aliphatic heterocycles. The molecule has 0 spiro atoms. The fourth-order valence-corrected chi connectivity index (χ4v) is 3.34. The first kappa shape index (κ1) is 18.9. The molecule has 0 atom stereocenters. The number of thiophene rings is 1. The van der Waals surface area contributed by atoms with Crippen LogP contribution in [0, 0.1) is 0 Å². The third-order valence-electron chi connectivity index (χ3n) is 3.17. The fraction of sp³-hybridized carbons (Fsp3) is 0.200. The summed E-state index contributed by atoms with van der Waals surface area (Å²) >= 11 is 1.41. The molecular weight excluding hydrogens is 366 g/mol. The first-order valence-corrected chi connectivity index (χ1v) is 9.61. The van der Waals surface area contributed by atoms with E-state index in [0.29, 0.717) is 5.56 Å². The van der Waals surface area contributed by atoms with Crippen molar-refractivity contribution < 1.29 is 22.7 Å². The van der Waals surface area contributed by atoms with Crippen LogP contribution in [0.2, 0.25) is 0 Å². The first-order valence-electron chi connectivity index (χ1n) is 7.12. The number of benzene rings is 1. The molecule has 0 saturated carbocycles. The Balaban J connectivity index is 1.93. The largest absolute Gasteiger partial charge is 0.495 e. The van der Waals surface area contributed by atoms with Crippen molar-refractivity contribution in [2.75, 3.05) is 19.0 Å². The number of primary sulfonamides is 1. The van der Waals surface area contributed by atoms with Gasteiger partial charge in [-0.2, -0.15) is 11.3 Å². The van der Waals surface area contributed by atoms with E-state index in [1.165, 1.54) is 36.6 Å². The van der Waals surface area contributed by atoms with Crippen molar-refractivity contribution >= 4 is 38.9 Å². The zero-order valence-corrected chi connectivity index (χ0v) is 14.9. The number of rotatable bonds is 7. The van der Waals surface area contributed by atoms with Gasteiger partial charge in [0.1, 0.15) is 10.6 Å². The summed E-state index contributed by atoms with van der Waals surface area (Å²) in [5.41, 5.74) is 0.803. The van der Waals surface area contributed by atoms with Crippen molar-refractivity contribution in [3.05, 3.63) is 40.6 Å². The first-order chi connectivity index (χ1) is 11.8. The van der Waals surface area contributed by atoms with Crippen molar-refractivity contribution in [3.8, 4) is 5.75 Å². The number of carbonyl (C=O) groups excluding carboxylic acids is 2. The normalized spacial score (nSPS) is 11.0. The molecule has 0 unspecified atom stereocenters. The van der Waals surface area contributed by atoms with Gasteiger partial charge in [0.2, 0.25) is 15.9 Å². The molecule has 0 radical (unpaired) electrons. The highest BCUT2D eigenvalue weighted by atomic mass is 32.2. The van der Waals surface area contributed by atoms with Gasteiger partial charge in [0.05, 0.1) is 7.11 Å². The Morgan fingerprint density at radius 1 is 1.28 bits per heavy atom. The Morgan fingerprint density at radius 3 is 2.64 bits per heavy atom. The summed E-state index contributed by atoms with van der Waals surface area (Å²) in [6, 6.07) is 5.80. The molecular formula is C15H17N3O5S2. The molecule has 8 nitrogen and oxygen atoms in total. The predicted octanol–water partition coefficient (Wildman–Crippen LogP) is 1.16. The third kappa shape index (κ3) is 5.28. The van der Waals surface area contributed by atoms with Gasteiger partial charge < -0.3 is 15.4 Å². The van der Waals surface area contributed by atoms with Gasteiger partial charge in [-0.1, -0.05) is 0 Å². The van der Waals surface area contributed by atoms with Gasteiger partial charge in [-0.05, 0) is 29.6 Å². The zero-order chi connectivity index (χ0) is 18.4. The van der Waals surface area contributed by atoms with E-state index in [1.54, 1.807) is 16.8 Å². The predicted molar refractivity (Wildman–Crippen MR) is 94.3 cm³/mol. The quantitative estimate of drug-likeness (QED) is 0.661. The molecule has 2 aromatic rings. The molecule has 0 bridgehead atoms. The molecule has 1 heterocycles. The van der Waals surface area contributed by atoms with Crippen LogP contribution in [0.15, 0.2) is 39.9 Å². The molecule has 0 aliphatic rings. The smallest absolute Gasteiger partial charge is 0.252 e. The number of hydrogen-bond donors (Lipinski definition) is 3. The second kappa shape index (κ2) is 8.10. The van der Waals surface area contributed by atoms with Gasteiger partial charge in [0.25, 0.3) is 5.91 Å². The lowest BCUT2D eigenvalue weighted by atomic mass is 10.2. The molecule has 0 aliphatic carbocycles. The van der Waals surface area contributed by atoms with Gasteiger partial charge in [0, 0.05) is 29.6 Å². The molecule has 1 aromatic carbocycles. The topological polar surface area (TPSA) is 128 Å². The number of hydrogen-bond acceptors (Lipinski definition) is 6. The van der Waals surface area contributed by atoms with Gasteiger partial charge in [-0.15, -0.1) is 0 Å². The highest BCUT2D eigenvalue weighted by Crippen LogP contribution is 2.26. The maximum absolute atomic E-state index is 11.9. The summed E-state index contributed by atoms with van der Waals surface area (Å²) in [4.78, 5) is 23.4. The minimum absolute atomic E-state index is 0.0343. The van der Waals surface area contributed by atoms with E-state index in [1.807, 2.05) is 0 Å². The van der Waals surface area contributed by atoms with Crippen LogP contribution in [0.4, 0.5) is 5.69 Å². The van der Waals surface area contributed by atoms with Crippen LogP contribution in [-0.4, -0.2) is 33.9 Å². The van der Waals surface area contributed by atoms with Crippen LogP contribution < -0.4 is 20.5 Å². The van der Waals surface area contributed by atoms with Gasteiger partial charge in [-0.3, -0.25) is 9.59 Å². The van der Waals surface area contributed by atoms with Crippen LogP contribution in [0.25, 0.3) is 0 Å². The average molecular weight is 383 g/mol. The number of ether oxygens (including phenoxy) is 1. The molecule has 4 N–H and O–H groups in total. The molecule has 0 fully saturated rings. The highest BCUT2D eigenvalue weighted by molar-refractivity contribution is 7.89. The van der Waals surface area contributed by atoms with E-state index < -0.39 is 10.0 Å². The van der Waals surface area contributed by atoms with E-state index in [2.05, 4.69) is 10.6 Å². The monoisotopic (exact) mass is 383 g/mol. The van der Waals surface area contributed by atoms with Crippen LogP contribution in [0.3, 0.4) is 0 Å². The molecule has 10 heteroatoms. The highest BCUT2D eigenvalue weighted by Gasteiger charge is 2.16. The number of nitrogens with one attached hydrogen (secondary N) is 2. The van der Waals surface area contributed by atoms with Gasteiger partial charge in [0.15, 0.2) is 0 Å². The Hall–Kier alpha value is -2.43. The second-order valence-corrected chi connectivity index (χ2v) is 7.29. The van der Waals surface area contributed by atoms with Crippen LogP contribution in [0.1, 0.15) is 16.8 Å². The van der Waals surface area contributed by atoms with E-state index >= 15 is 0 Å². The lowest BCUT2D eigenvalue weighted by molar-refractivity contribution is -0.116. The Kier molecular flexibility index (Phi) is 6.12. The molecule has 2 amide bonds. The lowest BCUT2D eigenvalue weighted by Gasteiger charge is -2.10. The molecule has 2 rings (SSSR count). The van der Waals surface area contributed by atoms with E-state index in [0.717, 1.165) is 0 Å². The summed E-state index contributed by atoms with van der Waals surface area (Å²) in [6.07, 6.45) is 0.0343. The number of sulfonamides is 1. The Bertz CT molecular complexity index is 863. The molecule has 25 heavy (non-hydrogen) atoms. The van der Waals surface area contributed by atoms with Crippen LogP contribution in [0.5, 0.6) is 5.75 Å². The van der Waals surface area contributed by atoms with Crippen LogP contribution >= 0.6 is 11.3 Å². The Morgan fingerprint density at radius 2 is 2.04 bits per heavy atom. The number of methoxy groups -OCH3 is 1.